The number of anilines is 1. The van der Waals surface area contributed by atoms with E-state index in [2.05, 4.69) is 5.32 Å². The van der Waals surface area contributed by atoms with Crippen LogP contribution in [-0.4, -0.2) is 17.0 Å². The molecule has 1 aliphatic carbocycles. The Morgan fingerprint density at radius 3 is 2.50 bits per heavy atom. The lowest BCUT2D eigenvalue weighted by molar-refractivity contribution is -0.147. The van der Waals surface area contributed by atoms with Crippen LogP contribution in [0, 0.1) is 24.6 Å². The number of amides is 1. The standard InChI is InChI=1S/C15H18FNO3/c1-9-6-7-13(12(16)8-9)17-14(18)10-4-2-3-5-11(10)15(19)20/h6-8,10-11H,2-5H2,1H3,(H,17,18)(H,19,20). The van der Waals surface area contributed by atoms with Gasteiger partial charge >= 0.3 is 5.97 Å². The molecule has 1 amide bonds. The van der Waals surface area contributed by atoms with Crippen molar-refractivity contribution in [3.63, 3.8) is 0 Å². The van der Waals surface area contributed by atoms with Gasteiger partial charge in [-0.3, -0.25) is 9.59 Å². The minimum Gasteiger partial charge on any atom is -0.481 e. The van der Waals surface area contributed by atoms with Crippen LogP contribution in [0.3, 0.4) is 0 Å². The first-order chi connectivity index (χ1) is 9.49. The van der Waals surface area contributed by atoms with Crippen molar-refractivity contribution in [2.75, 3.05) is 5.32 Å². The Morgan fingerprint density at radius 2 is 1.90 bits per heavy atom. The second kappa shape index (κ2) is 6.03. The molecular formula is C15H18FNO3. The van der Waals surface area contributed by atoms with Gasteiger partial charge in [0.15, 0.2) is 0 Å². The summed E-state index contributed by atoms with van der Waals surface area (Å²) in [6, 6.07) is 4.54. The lowest BCUT2D eigenvalue weighted by Gasteiger charge is -2.27. The molecule has 0 aromatic heterocycles. The van der Waals surface area contributed by atoms with Crippen LogP contribution in [0.25, 0.3) is 0 Å². The number of carbonyl (C=O) groups is 2. The number of carbonyl (C=O) groups excluding carboxylic acids is 1. The van der Waals surface area contributed by atoms with Gasteiger partial charge in [0.05, 0.1) is 17.5 Å². The fraction of sp³-hybridized carbons (Fsp3) is 0.467. The Morgan fingerprint density at radius 1 is 1.25 bits per heavy atom. The van der Waals surface area contributed by atoms with E-state index in [9.17, 15) is 14.0 Å². The molecule has 2 N–H and O–H groups in total. The van der Waals surface area contributed by atoms with Crippen molar-refractivity contribution in [3.05, 3.63) is 29.6 Å². The van der Waals surface area contributed by atoms with E-state index in [1.807, 2.05) is 0 Å². The fourth-order valence-electron chi connectivity index (χ4n) is 2.69. The van der Waals surface area contributed by atoms with Gasteiger partial charge in [0.2, 0.25) is 5.91 Å². The third-order valence-corrected chi connectivity index (χ3v) is 3.80. The predicted molar refractivity (Wildman–Crippen MR) is 72.9 cm³/mol. The predicted octanol–water partition coefficient (Wildman–Crippen LogP) is 2.96. The summed E-state index contributed by atoms with van der Waals surface area (Å²) in [6.07, 6.45) is 2.69. The molecule has 0 heterocycles. The first-order valence-electron chi connectivity index (χ1n) is 6.79. The van der Waals surface area contributed by atoms with Crippen molar-refractivity contribution >= 4 is 17.6 Å². The van der Waals surface area contributed by atoms with Crippen LogP contribution in [-0.2, 0) is 9.59 Å². The van der Waals surface area contributed by atoms with E-state index in [-0.39, 0.29) is 5.69 Å². The van der Waals surface area contributed by atoms with E-state index in [0.717, 1.165) is 18.4 Å². The third-order valence-electron chi connectivity index (χ3n) is 3.80. The zero-order chi connectivity index (χ0) is 14.7. The number of aryl methyl sites for hydroxylation is 1. The average molecular weight is 279 g/mol. The van der Waals surface area contributed by atoms with E-state index < -0.39 is 29.5 Å². The van der Waals surface area contributed by atoms with Crippen LogP contribution in [0.5, 0.6) is 0 Å². The number of nitrogens with one attached hydrogen (secondary N) is 1. The molecule has 1 aliphatic rings. The highest BCUT2D eigenvalue weighted by molar-refractivity contribution is 5.95. The number of halogens is 1. The molecule has 4 nitrogen and oxygen atoms in total. The van der Waals surface area contributed by atoms with Gasteiger partial charge in [-0.1, -0.05) is 18.9 Å². The molecule has 0 saturated heterocycles. The highest BCUT2D eigenvalue weighted by atomic mass is 19.1. The largest absolute Gasteiger partial charge is 0.481 e. The summed E-state index contributed by atoms with van der Waals surface area (Å²) in [5.41, 5.74) is 0.872. The van der Waals surface area contributed by atoms with E-state index in [4.69, 9.17) is 5.11 Å². The van der Waals surface area contributed by atoms with Crippen molar-refractivity contribution in [1.29, 1.82) is 0 Å². The van der Waals surface area contributed by atoms with E-state index in [1.54, 1.807) is 13.0 Å². The number of carboxylic acids is 1. The summed E-state index contributed by atoms with van der Waals surface area (Å²) >= 11 is 0. The van der Waals surface area contributed by atoms with Gasteiger partial charge in [0.1, 0.15) is 5.82 Å². The Balaban J connectivity index is 2.12. The van der Waals surface area contributed by atoms with Crippen molar-refractivity contribution in [2.24, 2.45) is 11.8 Å². The summed E-state index contributed by atoms with van der Waals surface area (Å²) in [5.74, 6) is -3.10. The second-order valence-electron chi connectivity index (χ2n) is 5.31. The molecule has 108 valence electrons. The number of hydrogen-bond acceptors (Lipinski definition) is 2. The number of benzene rings is 1. The molecule has 1 saturated carbocycles. The minimum atomic E-state index is -0.950. The van der Waals surface area contributed by atoms with Gasteiger partial charge in [-0.15, -0.1) is 0 Å². The quantitative estimate of drug-likeness (QED) is 0.894. The molecule has 2 rings (SSSR count). The lowest BCUT2D eigenvalue weighted by Crippen LogP contribution is -2.36. The molecule has 2 unspecified atom stereocenters. The van der Waals surface area contributed by atoms with E-state index in [0.29, 0.717) is 12.8 Å². The van der Waals surface area contributed by atoms with Crippen LogP contribution >= 0.6 is 0 Å². The minimum absolute atomic E-state index is 0.107. The molecule has 1 fully saturated rings. The average Bonchev–Trinajstić information content (AvgIpc) is 2.41. The molecule has 0 spiro atoms. The van der Waals surface area contributed by atoms with Gasteiger partial charge in [-0.05, 0) is 37.5 Å². The van der Waals surface area contributed by atoms with Gasteiger partial charge in [-0.25, -0.2) is 4.39 Å². The van der Waals surface area contributed by atoms with Crippen LogP contribution in [0.15, 0.2) is 18.2 Å². The first kappa shape index (κ1) is 14.5. The summed E-state index contributed by atoms with van der Waals surface area (Å²) in [7, 11) is 0. The lowest BCUT2D eigenvalue weighted by atomic mass is 9.78. The number of carboxylic acid groups (broad SMARTS) is 1. The molecule has 20 heavy (non-hydrogen) atoms. The molecule has 0 radical (unpaired) electrons. The molecular weight excluding hydrogens is 261 g/mol. The third kappa shape index (κ3) is 3.15. The summed E-state index contributed by atoms with van der Waals surface area (Å²) in [5, 5.41) is 11.7. The zero-order valence-corrected chi connectivity index (χ0v) is 11.4. The topological polar surface area (TPSA) is 66.4 Å². The normalized spacial score (nSPS) is 22.3. The first-order valence-corrected chi connectivity index (χ1v) is 6.79. The maximum Gasteiger partial charge on any atom is 0.307 e. The summed E-state index contributed by atoms with van der Waals surface area (Å²) < 4.78 is 13.7. The molecule has 1 aromatic carbocycles. The van der Waals surface area contributed by atoms with E-state index >= 15 is 0 Å². The van der Waals surface area contributed by atoms with Crippen LogP contribution in [0.4, 0.5) is 10.1 Å². The molecule has 5 heteroatoms. The molecule has 0 aliphatic heterocycles. The van der Waals surface area contributed by atoms with Crippen LogP contribution in [0.1, 0.15) is 31.2 Å². The Labute approximate surface area is 117 Å². The van der Waals surface area contributed by atoms with Gasteiger partial charge < -0.3 is 10.4 Å². The Kier molecular flexibility index (Phi) is 4.37. The highest BCUT2D eigenvalue weighted by Crippen LogP contribution is 2.31. The maximum atomic E-state index is 13.7. The van der Waals surface area contributed by atoms with E-state index in [1.165, 1.54) is 12.1 Å². The van der Waals surface area contributed by atoms with Gasteiger partial charge in [-0.2, -0.15) is 0 Å². The molecule has 1 aromatic rings. The SMILES string of the molecule is Cc1ccc(NC(=O)C2CCCCC2C(=O)O)c(F)c1. The zero-order valence-electron chi connectivity index (χ0n) is 11.4. The monoisotopic (exact) mass is 279 g/mol. The molecule has 2 atom stereocenters. The Bertz CT molecular complexity index is 530. The second-order valence-corrected chi connectivity index (χ2v) is 5.31. The smallest absolute Gasteiger partial charge is 0.307 e. The van der Waals surface area contributed by atoms with Crippen molar-refractivity contribution < 1.29 is 19.1 Å². The summed E-state index contributed by atoms with van der Waals surface area (Å²) in [6.45, 7) is 1.76. The summed E-state index contributed by atoms with van der Waals surface area (Å²) in [4.78, 5) is 23.4. The maximum absolute atomic E-state index is 13.7. The highest BCUT2D eigenvalue weighted by Gasteiger charge is 2.35. The fourth-order valence-corrected chi connectivity index (χ4v) is 2.69. The number of hydrogen-bond donors (Lipinski definition) is 2. The van der Waals surface area contributed by atoms with Crippen LogP contribution in [0.2, 0.25) is 0 Å². The number of rotatable bonds is 3. The molecule has 0 bridgehead atoms. The van der Waals surface area contributed by atoms with Crippen molar-refractivity contribution in [1.82, 2.24) is 0 Å². The van der Waals surface area contributed by atoms with Crippen molar-refractivity contribution in [2.45, 2.75) is 32.6 Å². The number of aliphatic carboxylic acids is 1. The van der Waals surface area contributed by atoms with Crippen molar-refractivity contribution in [3.8, 4) is 0 Å². The van der Waals surface area contributed by atoms with Crippen LogP contribution < -0.4 is 5.32 Å². The van der Waals surface area contributed by atoms with Gasteiger partial charge in [0, 0.05) is 0 Å². The van der Waals surface area contributed by atoms with Gasteiger partial charge in [0.25, 0.3) is 0 Å². The Hall–Kier alpha value is -1.91.